The first-order valence-corrected chi connectivity index (χ1v) is 9.72. The molecule has 1 aromatic rings. The van der Waals surface area contributed by atoms with Crippen molar-refractivity contribution >= 4 is 11.9 Å². The lowest BCUT2D eigenvalue weighted by Gasteiger charge is -2.37. The van der Waals surface area contributed by atoms with Crippen LogP contribution in [0.4, 0.5) is 9.18 Å². The Bertz CT molecular complexity index is 765. The monoisotopic (exact) mass is 404 g/mol. The summed E-state index contributed by atoms with van der Waals surface area (Å²) < 4.78 is 18.4. The Labute approximate surface area is 171 Å². The van der Waals surface area contributed by atoms with Crippen molar-refractivity contribution < 1.29 is 23.8 Å². The van der Waals surface area contributed by atoms with Crippen LogP contribution in [0, 0.1) is 6.92 Å². The molecule has 0 saturated carbocycles. The molecular weight excluding hydrogens is 375 g/mol. The molecule has 2 rings (SSSR count). The third-order valence-corrected chi connectivity index (χ3v) is 5.07. The maximum absolute atomic E-state index is 12.9. The zero-order valence-electron chi connectivity index (χ0n) is 16.8. The molecule has 1 aromatic carbocycles. The molecule has 0 bridgehead atoms. The molecule has 7 heteroatoms. The molecule has 2 N–H and O–H groups in total. The van der Waals surface area contributed by atoms with E-state index in [0.717, 1.165) is 24.0 Å². The van der Waals surface area contributed by atoms with Crippen molar-refractivity contribution in [2.24, 2.45) is 0 Å². The average molecular weight is 404 g/mol. The number of carbonyl (C=O) groups excluding carboxylic acids is 2. The summed E-state index contributed by atoms with van der Waals surface area (Å²) >= 11 is 0. The van der Waals surface area contributed by atoms with E-state index in [1.165, 1.54) is 0 Å². The molecule has 0 aliphatic carbocycles. The lowest BCUT2D eigenvalue weighted by molar-refractivity contribution is -0.121. The number of ketones is 1. The Kier molecular flexibility index (Phi) is 8.24. The number of hydrogen-bond acceptors (Lipinski definition) is 5. The lowest BCUT2D eigenvalue weighted by Crippen LogP contribution is -2.50. The molecule has 2 atom stereocenters. The Hall–Kier alpha value is -2.83. The van der Waals surface area contributed by atoms with Gasteiger partial charge in [-0.3, -0.25) is 9.69 Å². The number of aryl methyl sites for hydroxylation is 1. The highest BCUT2D eigenvalue weighted by molar-refractivity contribution is 5.85. The second-order valence-corrected chi connectivity index (χ2v) is 7.28. The van der Waals surface area contributed by atoms with Gasteiger partial charge in [0.25, 0.3) is 0 Å². The molecule has 1 amide bonds. The first kappa shape index (κ1) is 22.5. The number of aliphatic hydroxyl groups excluding tert-OH is 1. The van der Waals surface area contributed by atoms with E-state index in [0.29, 0.717) is 18.7 Å². The van der Waals surface area contributed by atoms with Crippen molar-refractivity contribution in [2.45, 2.75) is 51.3 Å². The number of likely N-dealkylation sites (tertiary alicyclic amines) is 1. The highest BCUT2D eigenvalue weighted by Crippen LogP contribution is 2.23. The van der Waals surface area contributed by atoms with E-state index in [4.69, 9.17) is 4.74 Å². The minimum absolute atomic E-state index is 0.119. The van der Waals surface area contributed by atoms with Crippen molar-refractivity contribution in [3.63, 3.8) is 0 Å². The minimum Gasteiger partial charge on any atom is -0.513 e. The van der Waals surface area contributed by atoms with E-state index in [1.54, 1.807) is 4.90 Å². The lowest BCUT2D eigenvalue weighted by atomic mass is 9.99. The van der Waals surface area contributed by atoms with Crippen LogP contribution in [0.25, 0.3) is 0 Å². The normalized spacial score (nSPS) is 17.3. The van der Waals surface area contributed by atoms with Crippen LogP contribution in [0.15, 0.2) is 48.9 Å². The predicted molar refractivity (Wildman–Crippen MR) is 109 cm³/mol. The minimum atomic E-state index is -1.16. The molecule has 1 heterocycles. The van der Waals surface area contributed by atoms with Crippen LogP contribution in [0.2, 0.25) is 0 Å². The van der Waals surface area contributed by atoms with E-state index in [2.05, 4.69) is 18.5 Å². The molecule has 1 fully saturated rings. The van der Waals surface area contributed by atoms with Crippen molar-refractivity contribution in [3.05, 3.63) is 60.0 Å². The number of piperidine rings is 1. The van der Waals surface area contributed by atoms with Crippen molar-refractivity contribution in [2.75, 3.05) is 13.2 Å². The number of alkyl halides is 1. The summed E-state index contributed by atoms with van der Waals surface area (Å²) in [6, 6.07) is 6.32. The second-order valence-electron chi connectivity index (χ2n) is 7.28. The Morgan fingerprint density at radius 1 is 1.34 bits per heavy atom. The van der Waals surface area contributed by atoms with Crippen LogP contribution >= 0.6 is 0 Å². The molecule has 29 heavy (non-hydrogen) atoms. The quantitative estimate of drug-likeness (QED) is 0.609. The Morgan fingerprint density at radius 2 is 2.07 bits per heavy atom. The van der Waals surface area contributed by atoms with Gasteiger partial charge in [0, 0.05) is 18.7 Å². The molecule has 0 radical (unpaired) electrons. The summed E-state index contributed by atoms with van der Waals surface area (Å²) in [5, 5.41) is 12.3. The summed E-state index contributed by atoms with van der Waals surface area (Å²) in [6.07, 6.45) is 1.81. The van der Waals surface area contributed by atoms with Gasteiger partial charge in [-0.1, -0.05) is 37.4 Å². The summed E-state index contributed by atoms with van der Waals surface area (Å²) in [4.78, 5) is 26.1. The molecule has 158 valence electrons. The maximum atomic E-state index is 12.9. The number of Topliss-reactive ketones (excluding diaryl/α,β-unsaturated/α-hetero) is 1. The summed E-state index contributed by atoms with van der Waals surface area (Å²) in [5.41, 5.74) is 2.39. The molecule has 1 aliphatic rings. The largest absolute Gasteiger partial charge is 0.513 e. The number of rotatable bonds is 9. The molecule has 0 aromatic heterocycles. The SMILES string of the molecule is C=C(O)CC(NC(=C)C1CCCCN1C(=O)OCc1ccccc1C)C(=O)CF. The van der Waals surface area contributed by atoms with Gasteiger partial charge in [-0.2, -0.15) is 0 Å². The zero-order chi connectivity index (χ0) is 21.4. The van der Waals surface area contributed by atoms with Gasteiger partial charge in [0.1, 0.15) is 13.3 Å². The Morgan fingerprint density at radius 3 is 2.72 bits per heavy atom. The predicted octanol–water partition coefficient (Wildman–Crippen LogP) is 3.96. The zero-order valence-corrected chi connectivity index (χ0v) is 16.8. The molecule has 0 spiro atoms. The fraction of sp³-hybridized carbons (Fsp3) is 0.455. The number of nitrogens with zero attached hydrogens (tertiary/aromatic N) is 1. The first-order valence-electron chi connectivity index (χ1n) is 9.72. The van der Waals surface area contributed by atoms with Gasteiger partial charge in [0.15, 0.2) is 5.78 Å². The number of hydrogen-bond donors (Lipinski definition) is 2. The third kappa shape index (κ3) is 6.34. The van der Waals surface area contributed by atoms with Crippen LogP contribution in [0.5, 0.6) is 0 Å². The van der Waals surface area contributed by atoms with Gasteiger partial charge in [-0.15, -0.1) is 0 Å². The van der Waals surface area contributed by atoms with Gasteiger partial charge in [-0.05, 0) is 37.3 Å². The smallest absolute Gasteiger partial charge is 0.410 e. The van der Waals surface area contributed by atoms with Crippen LogP contribution < -0.4 is 5.32 Å². The summed E-state index contributed by atoms with van der Waals surface area (Å²) in [6.45, 7) is 8.79. The van der Waals surface area contributed by atoms with Crippen molar-refractivity contribution in [3.8, 4) is 0 Å². The average Bonchev–Trinajstić information content (AvgIpc) is 2.71. The number of amides is 1. The van der Waals surface area contributed by atoms with E-state index in [9.17, 15) is 19.1 Å². The van der Waals surface area contributed by atoms with Gasteiger partial charge in [0.2, 0.25) is 0 Å². The standard InChI is InChI=1S/C22H29FN2O4/c1-15-8-4-5-9-18(15)14-29-22(28)25-11-7-6-10-20(25)17(3)24-19(12-16(2)26)21(27)13-23/h4-5,8-9,19-20,24,26H,2-3,6-7,10-14H2,1H3. The maximum Gasteiger partial charge on any atom is 0.410 e. The van der Waals surface area contributed by atoms with Crippen molar-refractivity contribution in [1.29, 1.82) is 0 Å². The van der Waals surface area contributed by atoms with Crippen LogP contribution in [0.1, 0.15) is 36.8 Å². The van der Waals surface area contributed by atoms with Gasteiger partial charge in [-0.25, -0.2) is 9.18 Å². The van der Waals surface area contributed by atoms with E-state index in [1.807, 2.05) is 31.2 Å². The molecule has 1 aliphatic heterocycles. The number of aliphatic hydroxyl groups is 1. The fourth-order valence-corrected chi connectivity index (χ4v) is 3.40. The van der Waals surface area contributed by atoms with Gasteiger partial charge < -0.3 is 15.2 Å². The van der Waals surface area contributed by atoms with Crippen LogP contribution in [-0.4, -0.2) is 47.2 Å². The molecular formula is C22H29FN2O4. The summed E-state index contributed by atoms with van der Waals surface area (Å²) in [7, 11) is 0. The number of benzene rings is 1. The molecule has 1 saturated heterocycles. The van der Waals surface area contributed by atoms with Crippen LogP contribution in [-0.2, 0) is 16.1 Å². The number of ether oxygens (including phenoxy) is 1. The number of halogens is 1. The molecule has 6 nitrogen and oxygen atoms in total. The number of carbonyl (C=O) groups is 2. The second kappa shape index (κ2) is 10.6. The Balaban J connectivity index is 2.04. The van der Waals surface area contributed by atoms with Crippen LogP contribution in [0.3, 0.4) is 0 Å². The first-order chi connectivity index (χ1) is 13.8. The highest BCUT2D eigenvalue weighted by atomic mass is 19.1. The summed E-state index contributed by atoms with van der Waals surface area (Å²) in [5.74, 6) is -0.930. The van der Waals surface area contributed by atoms with Gasteiger partial charge >= 0.3 is 6.09 Å². The highest BCUT2D eigenvalue weighted by Gasteiger charge is 2.32. The number of nitrogens with one attached hydrogen (secondary N) is 1. The van der Waals surface area contributed by atoms with E-state index < -0.39 is 24.6 Å². The fourth-order valence-electron chi connectivity index (χ4n) is 3.40. The topological polar surface area (TPSA) is 78.9 Å². The van der Waals surface area contributed by atoms with Gasteiger partial charge in [0.05, 0.1) is 17.8 Å². The van der Waals surface area contributed by atoms with E-state index >= 15 is 0 Å². The van der Waals surface area contributed by atoms with Crippen molar-refractivity contribution in [1.82, 2.24) is 10.2 Å². The third-order valence-electron chi connectivity index (χ3n) is 5.07. The van der Waals surface area contributed by atoms with E-state index in [-0.39, 0.29) is 24.8 Å². The molecule has 2 unspecified atom stereocenters.